The molecular weight excluding hydrogens is 213 g/mol. The predicted molar refractivity (Wildman–Crippen MR) is 46.1 cm³/mol. The van der Waals surface area contributed by atoms with Crippen LogP contribution in [0.1, 0.15) is 33.1 Å². The van der Waals surface area contributed by atoms with Crippen LogP contribution in [0.2, 0.25) is 0 Å². The molecule has 0 spiro atoms. The van der Waals surface area contributed by atoms with Crippen LogP contribution in [0.4, 0.5) is 0 Å². The summed E-state index contributed by atoms with van der Waals surface area (Å²) in [5, 5.41) is 0. The van der Waals surface area contributed by atoms with Gasteiger partial charge >= 0.3 is 0 Å². The van der Waals surface area contributed by atoms with Crippen LogP contribution in [0, 0.1) is 0 Å². The normalized spacial score (nSPS) is 18.0. The molecule has 0 rings (SSSR count). The van der Waals surface area contributed by atoms with Gasteiger partial charge in [0.05, 0.1) is 3.55 Å². The maximum atomic E-state index is 5.71. The maximum Gasteiger partial charge on any atom is 0.0652 e. The van der Waals surface area contributed by atoms with Crippen molar-refractivity contribution < 1.29 is 0 Å². The van der Waals surface area contributed by atoms with Gasteiger partial charge in [0.25, 0.3) is 0 Å². The lowest BCUT2D eigenvalue weighted by molar-refractivity contribution is 0.596. The minimum atomic E-state index is 0.0216. The summed E-state index contributed by atoms with van der Waals surface area (Å²) in [7, 11) is 0. The zero-order valence-corrected chi connectivity index (χ0v) is 7.73. The van der Waals surface area contributed by atoms with Crippen LogP contribution < -0.4 is 5.73 Å². The first-order chi connectivity index (χ1) is 3.56. The van der Waals surface area contributed by atoms with Crippen molar-refractivity contribution in [3.63, 3.8) is 0 Å². The van der Waals surface area contributed by atoms with Crippen molar-refractivity contribution in [2.45, 2.75) is 36.7 Å². The van der Waals surface area contributed by atoms with Crippen molar-refractivity contribution in [2.75, 3.05) is 0 Å². The van der Waals surface area contributed by atoms with Gasteiger partial charge < -0.3 is 5.73 Å². The Morgan fingerprint density at radius 3 is 2.25 bits per heavy atom. The molecule has 0 aromatic rings. The monoisotopic (exact) mass is 227 g/mol. The highest BCUT2D eigenvalue weighted by Crippen LogP contribution is 2.17. The Morgan fingerprint density at radius 2 is 2.12 bits per heavy atom. The van der Waals surface area contributed by atoms with E-state index in [1.165, 1.54) is 12.8 Å². The third kappa shape index (κ3) is 6.69. The third-order valence-electron chi connectivity index (χ3n) is 1.02. The molecule has 8 heavy (non-hydrogen) atoms. The molecule has 50 valence electrons. The minimum Gasteiger partial charge on any atom is -0.317 e. The van der Waals surface area contributed by atoms with Crippen molar-refractivity contribution in [2.24, 2.45) is 5.73 Å². The molecule has 0 radical (unpaired) electrons. The molecule has 0 aliphatic carbocycles. The summed E-state index contributed by atoms with van der Waals surface area (Å²) in [6.45, 7) is 4.24. The smallest absolute Gasteiger partial charge is 0.0652 e. The van der Waals surface area contributed by atoms with E-state index in [9.17, 15) is 0 Å². The fourth-order valence-corrected chi connectivity index (χ4v) is 0.904. The van der Waals surface area contributed by atoms with E-state index < -0.39 is 0 Å². The van der Waals surface area contributed by atoms with Gasteiger partial charge in [0, 0.05) is 0 Å². The number of unbranched alkanes of at least 4 members (excludes halogenated alkanes) is 1. The van der Waals surface area contributed by atoms with Gasteiger partial charge in [-0.2, -0.15) is 0 Å². The van der Waals surface area contributed by atoms with E-state index in [1.807, 2.05) is 0 Å². The highest BCUT2D eigenvalue weighted by molar-refractivity contribution is 14.1. The highest BCUT2D eigenvalue weighted by atomic mass is 127. The second-order valence-electron chi connectivity index (χ2n) is 2.38. The summed E-state index contributed by atoms with van der Waals surface area (Å²) < 4.78 is 0.0216. The third-order valence-corrected chi connectivity index (χ3v) is 1.56. The van der Waals surface area contributed by atoms with E-state index in [2.05, 4.69) is 36.4 Å². The number of hydrogen-bond acceptors (Lipinski definition) is 1. The molecule has 0 aliphatic heterocycles. The zero-order valence-electron chi connectivity index (χ0n) is 5.58. The van der Waals surface area contributed by atoms with Gasteiger partial charge in [-0.25, -0.2) is 0 Å². The average molecular weight is 227 g/mol. The molecule has 0 amide bonds. The molecule has 1 unspecified atom stereocenters. The van der Waals surface area contributed by atoms with E-state index in [0.29, 0.717) is 0 Å². The molecule has 1 atom stereocenters. The lowest BCUT2D eigenvalue weighted by Crippen LogP contribution is -2.27. The van der Waals surface area contributed by atoms with Gasteiger partial charge in [-0.05, 0) is 13.3 Å². The summed E-state index contributed by atoms with van der Waals surface area (Å²) in [5.74, 6) is 0. The van der Waals surface area contributed by atoms with Gasteiger partial charge in [0.2, 0.25) is 0 Å². The average Bonchev–Trinajstić information content (AvgIpc) is 1.59. The van der Waals surface area contributed by atoms with E-state index in [4.69, 9.17) is 5.73 Å². The van der Waals surface area contributed by atoms with E-state index in [0.717, 1.165) is 6.42 Å². The Balaban J connectivity index is 3.11. The molecule has 0 saturated heterocycles. The molecule has 0 aromatic heterocycles. The van der Waals surface area contributed by atoms with Crippen molar-refractivity contribution >= 4 is 22.6 Å². The first-order valence-electron chi connectivity index (χ1n) is 3.04. The highest BCUT2D eigenvalue weighted by Gasteiger charge is 2.10. The van der Waals surface area contributed by atoms with Crippen LogP contribution in [0.25, 0.3) is 0 Å². The topological polar surface area (TPSA) is 26.0 Å². The zero-order chi connectivity index (χ0) is 6.62. The molecule has 2 heteroatoms. The summed E-state index contributed by atoms with van der Waals surface area (Å²) in [5.41, 5.74) is 5.71. The van der Waals surface area contributed by atoms with Crippen LogP contribution in [0.5, 0.6) is 0 Å². The van der Waals surface area contributed by atoms with Gasteiger partial charge in [-0.15, -0.1) is 0 Å². The SMILES string of the molecule is CCCCC(C)(N)I. The maximum absolute atomic E-state index is 5.71. The number of nitrogens with two attached hydrogens (primary N) is 1. The molecule has 2 N–H and O–H groups in total. The molecule has 0 fully saturated rings. The minimum absolute atomic E-state index is 0.0216. The van der Waals surface area contributed by atoms with Crippen molar-refractivity contribution in [3.8, 4) is 0 Å². The van der Waals surface area contributed by atoms with Crippen molar-refractivity contribution in [1.82, 2.24) is 0 Å². The lowest BCUT2D eigenvalue weighted by atomic mass is 10.2. The Morgan fingerprint density at radius 1 is 1.62 bits per heavy atom. The number of rotatable bonds is 3. The first-order valence-corrected chi connectivity index (χ1v) is 4.12. The van der Waals surface area contributed by atoms with E-state index in [-0.39, 0.29) is 3.55 Å². The summed E-state index contributed by atoms with van der Waals surface area (Å²) >= 11 is 2.28. The Labute approximate surface area is 65.2 Å². The van der Waals surface area contributed by atoms with Crippen molar-refractivity contribution in [1.29, 1.82) is 0 Å². The van der Waals surface area contributed by atoms with Crippen LogP contribution in [-0.2, 0) is 0 Å². The Kier molecular flexibility index (Phi) is 3.98. The molecule has 0 aromatic carbocycles. The van der Waals surface area contributed by atoms with Crippen LogP contribution in [0.15, 0.2) is 0 Å². The molecular formula is C6H14IN. The summed E-state index contributed by atoms with van der Waals surface area (Å²) in [6, 6.07) is 0. The number of halogens is 1. The largest absolute Gasteiger partial charge is 0.317 e. The quantitative estimate of drug-likeness (QED) is 0.446. The molecule has 0 aliphatic rings. The second-order valence-corrected chi connectivity index (χ2v) is 4.85. The predicted octanol–water partition coefficient (Wildman–Crippen LogP) is 2.29. The first kappa shape index (κ1) is 8.69. The van der Waals surface area contributed by atoms with Gasteiger partial charge in [0.15, 0.2) is 0 Å². The Hall–Kier alpha value is 0.690. The summed E-state index contributed by atoms with van der Waals surface area (Å²) in [6.07, 6.45) is 3.62. The number of hydrogen-bond donors (Lipinski definition) is 1. The van der Waals surface area contributed by atoms with Crippen molar-refractivity contribution in [3.05, 3.63) is 0 Å². The number of alkyl halides is 1. The van der Waals surface area contributed by atoms with Gasteiger partial charge in [-0.3, -0.25) is 0 Å². The molecule has 1 nitrogen and oxygen atoms in total. The van der Waals surface area contributed by atoms with E-state index in [1.54, 1.807) is 0 Å². The second kappa shape index (κ2) is 3.67. The Bertz CT molecular complexity index is 56.0. The van der Waals surface area contributed by atoms with Crippen LogP contribution in [-0.4, -0.2) is 3.55 Å². The fraction of sp³-hybridized carbons (Fsp3) is 1.00. The van der Waals surface area contributed by atoms with Crippen LogP contribution >= 0.6 is 22.6 Å². The lowest BCUT2D eigenvalue weighted by Gasteiger charge is -2.14. The van der Waals surface area contributed by atoms with Gasteiger partial charge in [-0.1, -0.05) is 42.4 Å². The molecule has 0 heterocycles. The van der Waals surface area contributed by atoms with Crippen LogP contribution in [0.3, 0.4) is 0 Å². The molecule has 0 bridgehead atoms. The summed E-state index contributed by atoms with van der Waals surface area (Å²) in [4.78, 5) is 0. The van der Waals surface area contributed by atoms with Gasteiger partial charge in [0.1, 0.15) is 0 Å². The van der Waals surface area contributed by atoms with E-state index >= 15 is 0 Å². The standard InChI is InChI=1S/C6H14IN/c1-3-4-5-6(2,7)8/h3-5,8H2,1-2H3. The molecule has 0 saturated carbocycles. The fourth-order valence-electron chi connectivity index (χ4n) is 0.522.